The minimum Gasteiger partial charge on any atom is -0.312 e. The first-order chi connectivity index (χ1) is 8.01. The van der Waals surface area contributed by atoms with Crippen molar-refractivity contribution in [3.8, 4) is 0 Å². The van der Waals surface area contributed by atoms with E-state index in [9.17, 15) is 0 Å². The molecule has 0 aromatic carbocycles. The monoisotopic (exact) mass is 240 g/mol. The van der Waals surface area contributed by atoms with Crippen LogP contribution >= 0.6 is 0 Å². The van der Waals surface area contributed by atoms with Crippen LogP contribution < -0.4 is 5.32 Å². The van der Waals surface area contributed by atoms with Crippen molar-refractivity contribution in [1.29, 1.82) is 0 Å². The molecule has 102 valence electrons. The molecule has 0 spiro atoms. The van der Waals surface area contributed by atoms with Crippen molar-refractivity contribution < 1.29 is 0 Å². The summed E-state index contributed by atoms with van der Waals surface area (Å²) < 4.78 is 0. The lowest BCUT2D eigenvalue weighted by Crippen LogP contribution is -2.36. The molecule has 1 saturated heterocycles. The van der Waals surface area contributed by atoms with Crippen molar-refractivity contribution in [2.45, 2.75) is 65.3 Å². The summed E-state index contributed by atoms with van der Waals surface area (Å²) in [5.41, 5.74) is 0.281. The Morgan fingerprint density at radius 2 is 1.94 bits per heavy atom. The fraction of sp³-hybridized carbons (Fsp3) is 1.00. The van der Waals surface area contributed by atoms with Crippen LogP contribution in [0.25, 0.3) is 0 Å². The van der Waals surface area contributed by atoms with Crippen molar-refractivity contribution >= 4 is 0 Å². The van der Waals surface area contributed by atoms with Crippen LogP contribution in [0.2, 0.25) is 0 Å². The standard InChI is InChI=1S/C15H32N2/c1-5-14-9-12-17(13-14)11-8-6-7-10-16-15(2,3)4/h14,16H,5-13H2,1-4H3. The van der Waals surface area contributed by atoms with Gasteiger partial charge in [0.05, 0.1) is 0 Å². The highest BCUT2D eigenvalue weighted by atomic mass is 15.1. The number of nitrogens with one attached hydrogen (secondary N) is 1. The number of hydrogen-bond donors (Lipinski definition) is 1. The molecular formula is C15H32N2. The number of rotatable bonds is 7. The molecule has 1 aliphatic heterocycles. The highest BCUT2D eigenvalue weighted by molar-refractivity contribution is 4.74. The Balaban J connectivity index is 1.91. The van der Waals surface area contributed by atoms with Crippen LogP contribution in [-0.4, -0.2) is 36.6 Å². The molecule has 2 heteroatoms. The van der Waals surface area contributed by atoms with Crippen LogP contribution in [0.5, 0.6) is 0 Å². The first kappa shape index (κ1) is 15.0. The van der Waals surface area contributed by atoms with Gasteiger partial charge in [-0.2, -0.15) is 0 Å². The summed E-state index contributed by atoms with van der Waals surface area (Å²) in [6.07, 6.45) is 6.87. The van der Waals surface area contributed by atoms with Gasteiger partial charge in [0, 0.05) is 12.1 Å². The maximum Gasteiger partial charge on any atom is 0.00965 e. The Kier molecular flexibility index (Phi) is 6.50. The molecule has 1 heterocycles. The summed E-state index contributed by atoms with van der Waals surface area (Å²) in [6, 6.07) is 0. The molecule has 0 amide bonds. The second-order valence-electron chi connectivity index (χ2n) is 6.60. The molecular weight excluding hydrogens is 208 g/mol. The van der Waals surface area contributed by atoms with Crippen molar-refractivity contribution in [2.24, 2.45) is 5.92 Å². The summed E-state index contributed by atoms with van der Waals surface area (Å²) in [6.45, 7) is 14.2. The highest BCUT2D eigenvalue weighted by Gasteiger charge is 2.19. The van der Waals surface area contributed by atoms with Crippen LogP contribution in [0.4, 0.5) is 0 Å². The van der Waals surface area contributed by atoms with Gasteiger partial charge in [0.15, 0.2) is 0 Å². The van der Waals surface area contributed by atoms with Gasteiger partial charge in [-0.25, -0.2) is 0 Å². The van der Waals surface area contributed by atoms with E-state index in [0.717, 1.165) is 5.92 Å². The molecule has 1 fully saturated rings. The van der Waals surface area contributed by atoms with Gasteiger partial charge in [-0.05, 0) is 65.6 Å². The summed E-state index contributed by atoms with van der Waals surface area (Å²) in [7, 11) is 0. The molecule has 1 N–H and O–H groups in total. The lowest BCUT2D eigenvalue weighted by Gasteiger charge is -2.20. The van der Waals surface area contributed by atoms with E-state index in [2.05, 4.69) is 37.9 Å². The van der Waals surface area contributed by atoms with Gasteiger partial charge >= 0.3 is 0 Å². The quantitative estimate of drug-likeness (QED) is 0.687. The van der Waals surface area contributed by atoms with Gasteiger partial charge in [0.1, 0.15) is 0 Å². The van der Waals surface area contributed by atoms with E-state index in [1.54, 1.807) is 0 Å². The SMILES string of the molecule is CCC1CCN(CCCCCNC(C)(C)C)C1. The molecule has 0 aromatic rings. The molecule has 17 heavy (non-hydrogen) atoms. The first-order valence-electron chi connectivity index (χ1n) is 7.48. The van der Waals surface area contributed by atoms with E-state index in [0.29, 0.717) is 0 Å². The number of likely N-dealkylation sites (tertiary alicyclic amines) is 1. The van der Waals surface area contributed by atoms with E-state index in [-0.39, 0.29) is 5.54 Å². The van der Waals surface area contributed by atoms with Crippen LogP contribution in [0, 0.1) is 5.92 Å². The lowest BCUT2D eigenvalue weighted by molar-refractivity contribution is 0.312. The third-order valence-electron chi connectivity index (χ3n) is 3.75. The normalized spacial score (nSPS) is 22.2. The van der Waals surface area contributed by atoms with Gasteiger partial charge < -0.3 is 10.2 Å². The minimum atomic E-state index is 0.281. The van der Waals surface area contributed by atoms with Crippen molar-refractivity contribution in [2.75, 3.05) is 26.2 Å². The zero-order chi connectivity index (χ0) is 12.7. The Hall–Kier alpha value is -0.0800. The molecule has 1 unspecified atom stereocenters. The maximum absolute atomic E-state index is 3.55. The van der Waals surface area contributed by atoms with Crippen molar-refractivity contribution in [1.82, 2.24) is 10.2 Å². The van der Waals surface area contributed by atoms with Crippen molar-refractivity contribution in [3.05, 3.63) is 0 Å². The summed E-state index contributed by atoms with van der Waals surface area (Å²) in [5, 5.41) is 3.55. The molecule has 1 rings (SSSR count). The number of nitrogens with zero attached hydrogens (tertiary/aromatic N) is 1. The molecule has 0 aromatic heterocycles. The van der Waals surface area contributed by atoms with Crippen LogP contribution in [0.1, 0.15) is 59.8 Å². The maximum atomic E-state index is 3.55. The fourth-order valence-electron chi connectivity index (χ4n) is 2.55. The topological polar surface area (TPSA) is 15.3 Å². The average molecular weight is 240 g/mol. The Labute approximate surface area is 108 Å². The van der Waals surface area contributed by atoms with E-state index < -0.39 is 0 Å². The predicted molar refractivity (Wildman–Crippen MR) is 76.4 cm³/mol. The molecule has 1 aliphatic rings. The molecule has 1 atom stereocenters. The summed E-state index contributed by atoms with van der Waals surface area (Å²) in [5.74, 6) is 0.984. The molecule has 0 aliphatic carbocycles. The van der Waals surface area contributed by atoms with E-state index in [1.807, 2.05) is 0 Å². The second-order valence-corrected chi connectivity index (χ2v) is 6.60. The predicted octanol–water partition coefficient (Wildman–Crippen LogP) is 3.28. The fourth-order valence-corrected chi connectivity index (χ4v) is 2.55. The molecule has 0 radical (unpaired) electrons. The second kappa shape index (κ2) is 7.38. The van der Waals surface area contributed by atoms with Gasteiger partial charge in [-0.1, -0.05) is 19.8 Å². The molecule has 0 bridgehead atoms. The average Bonchev–Trinajstić information content (AvgIpc) is 2.69. The zero-order valence-corrected chi connectivity index (χ0v) is 12.4. The van der Waals surface area contributed by atoms with E-state index >= 15 is 0 Å². The number of unbranched alkanes of at least 4 members (excludes halogenated alkanes) is 2. The van der Waals surface area contributed by atoms with Crippen LogP contribution in [0.15, 0.2) is 0 Å². The largest absolute Gasteiger partial charge is 0.312 e. The van der Waals surface area contributed by atoms with E-state index in [1.165, 1.54) is 58.3 Å². The first-order valence-corrected chi connectivity index (χ1v) is 7.48. The van der Waals surface area contributed by atoms with Gasteiger partial charge in [-0.3, -0.25) is 0 Å². The highest BCUT2D eigenvalue weighted by Crippen LogP contribution is 2.19. The van der Waals surface area contributed by atoms with E-state index in [4.69, 9.17) is 0 Å². The third-order valence-corrected chi connectivity index (χ3v) is 3.75. The number of hydrogen-bond acceptors (Lipinski definition) is 2. The Morgan fingerprint density at radius 1 is 1.18 bits per heavy atom. The van der Waals surface area contributed by atoms with Gasteiger partial charge in [0.25, 0.3) is 0 Å². The molecule has 2 nitrogen and oxygen atoms in total. The minimum absolute atomic E-state index is 0.281. The Bertz CT molecular complexity index is 196. The lowest BCUT2D eigenvalue weighted by atomic mass is 10.1. The van der Waals surface area contributed by atoms with Crippen LogP contribution in [0.3, 0.4) is 0 Å². The zero-order valence-electron chi connectivity index (χ0n) is 12.4. The van der Waals surface area contributed by atoms with Crippen LogP contribution in [-0.2, 0) is 0 Å². The third kappa shape index (κ3) is 7.05. The Morgan fingerprint density at radius 3 is 2.53 bits per heavy atom. The summed E-state index contributed by atoms with van der Waals surface area (Å²) >= 11 is 0. The smallest absolute Gasteiger partial charge is 0.00965 e. The van der Waals surface area contributed by atoms with Crippen molar-refractivity contribution in [3.63, 3.8) is 0 Å². The van der Waals surface area contributed by atoms with Gasteiger partial charge in [-0.15, -0.1) is 0 Å². The molecule has 0 saturated carbocycles. The van der Waals surface area contributed by atoms with Gasteiger partial charge in [0.2, 0.25) is 0 Å². The summed E-state index contributed by atoms with van der Waals surface area (Å²) in [4.78, 5) is 2.66.